The lowest BCUT2D eigenvalue weighted by Crippen LogP contribution is -2.32. The van der Waals surface area contributed by atoms with E-state index in [-0.39, 0.29) is 0 Å². The Kier molecular flexibility index (Phi) is 5.15. The number of nitrogens with zero attached hydrogens (tertiary/aromatic N) is 3. The molecule has 0 aliphatic carbocycles. The second-order valence-electron chi connectivity index (χ2n) is 5.62. The van der Waals surface area contributed by atoms with Crippen LogP contribution in [-0.4, -0.2) is 41.3 Å². The van der Waals surface area contributed by atoms with Crippen LogP contribution in [0.15, 0.2) is 34.9 Å². The van der Waals surface area contributed by atoms with Crippen molar-refractivity contribution in [3.05, 3.63) is 47.6 Å². The van der Waals surface area contributed by atoms with Crippen LogP contribution in [0.2, 0.25) is 0 Å². The maximum atomic E-state index is 5.08. The third-order valence-electron chi connectivity index (χ3n) is 3.85. The lowest BCUT2D eigenvalue weighted by atomic mass is 10.2. The summed E-state index contributed by atoms with van der Waals surface area (Å²) in [7, 11) is 1.61. The fourth-order valence-corrected chi connectivity index (χ4v) is 2.76. The van der Waals surface area contributed by atoms with Crippen molar-refractivity contribution >= 4 is 0 Å². The van der Waals surface area contributed by atoms with E-state index in [1.165, 1.54) is 5.56 Å². The maximum Gasteiger partial charge on any atom is 0.252 e. The lowest BCUT2D eigenvalue weighted by Gasteiger charge is -2.16. The van der Waals surface area contributed by atoms with Crippen LogP contribution in [0.25, 0.3) is 0 Å². The van der Waals surface area contributed by atoms with Crippen LogP contribution in [-0.2, 0) is 24.4 Å². The first-order valence-corrected chi connectivity index (χ1v) is 7.63. The molecular weight excluding hydrogens is 280 g/mol. The Balaban J connectivity index is 1.42. The summed E-state index contributed by atoms with van der Waals surface area (Å²) < 4.78 is 10.1. The lowest BCUT2D eigenvalue weighted by molar-refractivity contribution is 0.151. The first kappa shape index (κ1) is 15.1. The number of methoxy groups -OCH3 is 1. The normalized spacial score (nSPS) is 18.9. The van der Waals surface area contributed by atoms with Crippen molar-refractivity contribution in [2.75, 3.05) is 20.2 Å². The van der Waals surface area contributed by atoms with Crippen LogP contribution in [0.5, 0.6) is 0 Å². The number of nitrogens with one attached hydrogen (secondary N) is 1. The van der Waals surface area contributed by atoms with E-state index in [0.29, 0.717) is 30.9 Å². The average Bonchev–Trinajstić information content (AvgIpc) is 3.16. The van der Waals surface area contributed by atoms with Crippen molar-refractivity contribution in [2.24, 2.45) is 0 Å². The molecule has 6 heteroatoms. The fourth-order valence-electron chi connectivity index (χ4n) is 2.76. The molecule has 0 radical (unpaired) electrons. The van der Waals surface area contributed by atoms with Gasteiger partial charge in [-0.2, -0.15) is 4.98 Å². The van der Waals surface area contributed by atoms with Crippen molar-refractivity contribution in [3.63, 3.8) is 0 Å². The van der Waals surface area contributed by atoms with E-state index in [1.807, 2.05) is 0 Å². The maximum absolute atomic E-state index is 5.08. The minimum atomic E-state index is 0.362. The van der Waals surface area contributed by atoms with Crippen molar-refractivity contribution in [1.82, 2.24) is 20.4 Å². The highest BCUT2D eigenvalue weighted by Crippen LogP contribution is 2.13. The molecule has 0 amide bonds. The molecule has 2 aromatic rings. The number of ether oxygens (including phenoxy) is 1. The van der Waals surface area contributed by atoms with Gasteiger partial charge >= 0.3 is 0 Å². The summed E-state index contributed by atoms with van der Waals surface area (Å²) in [5, 5.41) is 7.44. The number of aromatic nitrogens is 2. The Morgan fingerprint density at radius 1 is 1.36 bits per heavy atom. The van der Waals surface area contributed by atoms with E-state index >= 15 is 0 Å². The number of rotatable bonds is 7. The summed E-state index contributed by atoms with van der Waals surface area (Å²) in [4.78, 5) is 6.74. The molecule has 1 saturated heterocycles. The van der Waals surface area contributed by atoms with E-state index in [2.05, 4.69) is 50.7 Å². The summed E-state index contributed by atoms with van der Waals surface area (Å²) >= 11 is 0. The highest BCUT2D eigenvalue weighted by molar-refractivity contribution is 5.14. The molecule has 1 atom stereocenters. The smallest absolute Gasteiger partial charge is 0.252 e. The van der Waals surface area contributed by atoms with Gasteiger partial charge in [-0.1, -0.05) is 35.5 Å². The van der Waals surface area contributed by atoms with E-state index in [9.17, 15) is 0 Å². The predicted octanol–water partition coefficient (Wildman–Crippen LogP) is 1.58. The second kappa shape index (κ2) is 7.49. The highest BCUT2D eigenvalue weighted by Gasteiger charge is 2.22. The Labute approximate surface area is 130 Å². The van der Waals surface area contributed by atoms with Crippen LogP contribution < -0.4 is 5.32 Å². The number of likely N-dealkylation sites (tertiary alicyclic amines) is 1. The Hall–Kier alpha value is -1.76. The molecule has 3 rings (SSSR count). The molecule has 0 bridgehead atoms. The van der Waals surface area contributed by atoms with Crippen LogP contribution in [0, 0.1) is 0 Å². The van der Waals surface area contributed by atoms with Gasteiger partial charge in [-0.05, 0) is 12.0 Å². The quantitative estimate of drug-likeness (QED) is 0.838. The van der Waals surface area contributed by atoms with Gasteiger partial charge in [0.1, 0.15) is 6.61 Å². The molecule has 1 N–H and O–H groups in total. The zero-order valence-corrected chi connectivity index (χ0v) is 12.9. The molecule has 6 nitrogen and oxygen atoms in total. The van der Waals surface area contributed by atoms with Crippen molar-refractivity contribution in [3.8, 4) is 0 Å². The molecule has 1 unspecified atom stereocenters. The minimum absolute atomic E-state index is 0.362. The van der Waals surface area contributed by atoms with Gasteiger partial charge in [-0.15, -0.1) is 0 Å². The molecular formula is C16H22N4O2. The third-order valence-corrected chi connectivity index (χ3v) is 3.85. The summed E-state index contributed by atoms with van der Waals surface area (Å²) in [6.07, 6.45) is 1.15. The summed E-state index contributed by atoms with van der Waals surface area (Å²) in [6, 6.07) is 11.1. The van der Waals surface area contributed by atoms with Gasteiger partial charge in [0.05, 0.1) is 6.54 Å². The van der Waals surface area contributed by atoms with Gasteiger partial charge in [0.15, 0.2) is 5.82 Å². The topological polar surface area (TPSA) is 63.4 Å². The van der Waals surface area contributed by atoms with Gasteiger partial charge in [0, 0.05) is 32.8 Å². The zero-order chi connectivity index (χ0) is 15.2. The third kappa shape index (κ3) is 4.13. The first-order chi connectivity index (χ1) is 10.8. The van der Waals surface area contributed by atoms with Crippen molar-refractivity contribution in [2.45, 2.75) is 32.2 Å². The SMILES string of the molecule is COCc1nc(CNC2CCN(Cc3ccccc3)C2)no1. The molecule has 1 aliphatic heterocycles. The molecule has 118 valence electrons. The molecule has 2 heterocycles. The van der Waals surface area contributed by atoms with E-state index in [1.54, 1.807) is 7.11 Å². The Morgan fingerprint density at radius 2 is 2.23 bits per heavy atom. The molecule has 0 spiro atoms. The minimum Gasteiger partial charge on any atom is -0.375 e. The summed E-state index contributed by atoms with van der Waals surface area (Å²) in [6.45, 7) is 4.18. The monoisotopic (exact) mass is 302 g/mol. The van der Waals surface area contributed by atoms with Crippen LogP contribution in [0.3, 0.4) is 0 Å². The van der Waals surface area contributed by atoms with Gasteiger partial charge in [0.25, 0.3) is 5.89 Å². The Morgan fingerprint density at radius 3 is 3.05 bits per heavy atom. The van der Waals surface area contributed by atoms with E-state index in [4.69, 9.17) is 9.26 Å². The fraction of sp³-hybridized carbons (Fsp3) is 0.500. The molecule has 0 saturated carbocycles. The zero-order valence-electron chi connectivity index (χ0n) is 12.9. The van der Waals surface area contributed by atoms with Gasteiger partial charge in [-0.3, -0.25) is 4.90 Å². The second-order valence-corrected chi connectivity index (χ2v) is 5.62. The Bertz CT molecular complexity index is 573. The van der Waals surface area contributed by atoms with Crippen molar-refractivity contribution in [1.29, 1.82) is 0 Å². The van der Waals surface area contributed by atoms with E-state index in [0.717, 1.165) is 26.1 Å². The number of hydrogen-bond donors (Lipinski definition) is 1. The summed E-state index contributed by atoms with van der Waals surface area (Å²) in [5.41, 5.74) is 1.37. The molecule has 1 aromatic heterocycles. The highest BCUT2D eigenvalue weighted by atomic mass is 16.5. The molecule has 1 aromatic carbocycles. The van der Waals surface area contributed by atoms with Crippen molar-refractivity contribution < 1.29 is 9.26 Å². The number of benzene rings is 1. The number of hydrogen-bond acceptors (Lipinski definition) is 6. The van der Waals surface area contributed by atoms with Crippen LogP contribution in [0.1, 0.15) is 23.7 Å². The first-order valence-electron chi connectivity index (χ1n) is 7.63. The summed E-state index contributed by atoms with van der Waals surface area (Å²) in [5.74, 6) is 1.21. The van der Waals surface area contributed by atoms with E-state index < -0.39 is 0 Å². The largest absolute Gasteiger partial charge is 0.375 e. The predicted molar refractivity (Wildman–Crippen MR) is 82.0 cm³/mol. The standard InChI is InChI=1S/C16H22N4O2/c1-21-12-16-18-15(19-22-16)9-17-14-7-8-20(11-14)10-13-5-3-2-4-6-13/h2-6,14,17H,7-12H2,1H3. The molecule has 22 heavy (non-hydrogen) atoms. The average molecular weight is 302 g/mol. The van der Waals surface area contributed by atoms with Gasteiger partial charge in [0.2, 0.25) is 0 Å². The van der Waals surface area contributed by atoms with Gasteiger partial charge in [-0.25, -0.2) is 0 Å². The molecule has 1 aliphatic rings. The molecule has 1 fully saturated rings. The van der Waals surface area contributed by atoms with Crippen LogP contribution >= 0.6 is 0 Å². The van der Waals surface area contributed by atoms with Gasteiger partial charge < -0.3 is 14.6 Å². The van der Waals surface area contributed by atoms with Crippen LogP contribution in [0.4, 0.5) is 0 Å².